The fraction of sp³-hybridized carbons (Fsp3) is 0.714. The summed E-state index contributed by atoms with van der Waals surface area (Å²) < 4.78 is 15.0. The van der Waals surface area contributed by atoms with E-state index in [0.29, 0.717) is 5.06 Å². The molecule has 1 aliphatic rings. The second kappa shape index (κ2) is 11.6. The predicted molar refractivity (Wildman–Crippen MR) is 107 cm³/mol. The van der Waals surface area contributed by atoms with Crippen LogP contribution in [0, 0.1) is 11.8 Å². The number of carbonyl (C=O) groups is 6. The van der Waals surface area contributed by atoms with Crippen molar-refractivity contribution in [2.45, 2.75) is 78.9 Å². The summed E-state index contributed by atoms with van der Waals surface area (Å²) >= 11 is 0. The van der Waals surface area contributed by atoms with Gasteiger partial charge in [0.15, 0.2) is 11.9 Å². The predicted octanol–water partition coefficient (Wildman–Crippen LogP) is 2.10. The summed E-state index contributed by atoms with van der Waals surface area (Å²) in [6.07, 6.45) is -3.56. The normalized spacial score (nSPS) is 15.9. The van der Waals surface area contributed by atoms with Gasteiger partial charge in [-0.2, -0.15) is 0 Å². The minimum Gasteiger partial charge on any atom is -0.465 e. The number of rotatable bonds is 10. The maximum Gasteiger partial charge on any atom is 0.509 e. The largest absolute Gasteiger partial charge is 0.509 e. The highest BCUT2D eigenvalue weighted by molar-refractivity contribution is 6.01. The molecule has 11 nitrogen and oxygen atoms in total. The number of amides is 2. The second-order valence-corrected chi connectivity index (χ2v) is 8.87. The van der Waals surface area contributed by atoms with Crippen LogP contribution in [0.3, 0.4) is 0 Å². The zero-order valence-corrected chi connectivity index (χ0v) is 19.3. The molecule has 1 saturated heterocycles. The van der Waals surface area contributed by atoms with Gasteiger partial charge in [-0.1, -0.05) is 13.8 Å². The first-order valence-electron chi connectivity index (χ1n) is 10.3. The number of ketones is 1. The van der Waals surface area contributed by atoms with Crippen molar-refractivity contribution >= 4 is 35.7 Å². The molecule has 2 amide bonds. The van der Waals surface area contributed by atoms with Crippen molar-refractivity contribution in [3.8, 4) is 0 Å². The Morgan fingerprint density at radius 1 is 0.969 bits per heavy atom. The lowest BCUT2D eigenvalue weighted by Gasteiger charge is -2.22. The molecule has 0 unspecified atom stereocenters. The minimum atomic E-state index is -1.26. The molecule has 0 spiro atoms. The SMILES string of the molecule is CC(C)COC(=O)[C@H](CC(=O)ON1C(=O)CCC1=O)CC(=O)[C@H](C)OC(=O)OC(C)(C)C. The molecule has 0 aromatic rings. The third-order valence-corrected chi connectivity index (χ3v) is 4.07. The van der Waals surface area contributed by atoms with Crippen molar-refractivity contribution in [3.63, 3.8) is 0 Å². The zero-order chi connectivity index (χ0) is 24.6. The second-order valence-electron chi connectivity index (χ2n) is 8.87. The maximum atomic E-state index is 12.5. The molecule has 1 rings (SSSR count). The van der Waals surface area contributed by atoms with Gasteiger partial charge in [0, 0.05) is 19.3 Å². The van der Waals surface area contributed by atoms with Crippen LogP contribution in [0.1, 0.15) is 67.2 Å². The zero-order valence-electron chi connectivity index (χ0n) is 19.3. The summed E-state index contributed by atoms with van der Waals surface area (Å²) in [5, 5.41) is 0.356. The molecule has 32 heavy (non-hydrogen) atoms. The van der Waals surface area contributed by atoms with E-state index in [1.54, 1.807) is 20.8 Å². The van der Waals surface area contributed by atoms with Gasteiger partial charge in [0.1, 0.15) is 5.60 Å². The number of hydrogen-bond donors (Lipinski definition) is 0. The Morgan fingerprint density at radius 3 is 2.03 bits per heavy atom. The summed E-state index contributed by atoms with van der Waals surface area (Å²) in [7, 11) is 0. The quantitative estimate of drug-likeness (QED) is 0.353. The molecular formula is C21H31NO10. The Morgan fingerprint density at radius 2 is 1.53 bits per heavy atom. The standard InChI is InChI=1S/C21H31NO10/c1-12(2)11-29-19(27)14(10-18(26)32-22-16(24)7-8-17(22)25)9-15(23)13(3)30-20(28)31-21(4,5)6/h12-14H,7-11H2,1-6H3/t13-,14-/m0/s1. The van der Waals surface area contributed by atoms with E-state index >= 15 is 0 Å². The fourth-order valence-corrected chi connectivity index (χ4v) is 2.50. The van der Waals surface area contributed by atoms with Gasteiger partial charge < -0.3 is 19.0 Å². The molecule has 1 heterocycles. The molecule has 0 aliphatic carbocycles. The third kappa shape index (κ3) is 9.44. The molecule has 0 aromatic carbocycles. The molecule has 0 bridgehead atoms. The molecule has 0 aromatic heterocycles. The van der Waals surface area contributed by atoms with Crippen molar-refractivity contribution in [1.82, 2.24) is 5.06 Å². The van der Waals surface area contributed by atoms with E-state index in [-0.39, 0.29) is 25.4 Å². The molecule has 180 valence electrons. The van der Waals surface area contributed by atoms with Gasteiger partial charge in [-0.25, -0.2) is 9.59 Å². The lowest BCUT2D eigenvalue weighted by atomic mass is 9.97. The van der Waals surface area contributed by atoms with Crippen LogP contribution in [-0.2, 0) is 43.0 Å². The van der Waals surface area contributed by atoms with E-state index in [1.165, 1.54) is 6.92 Å². The smallest absolute Gasteiger partial charge is 0.465 e. The first-order valence-corrected chi connectivity index (χ1v) is 10.3. The summed E-state index contributed by atoms with van der Waals surface area (Å²) in [6, 6.07) is 0. The highest BCUT2D eigenvalue weighted by Gasteiger charge is 2.36. The van der Waals surface area contributed by atoms with Gasteiger partial charge >= 0.3 is 18.1 Å². The van der Waals surface area contributed by atoms with Gasteiger partial charge in [-0.15, -0.1) is 5.06 Å². The number of Topliss-reactive ketones (excluding diaryl/α,β-unsaturated/α-hetero) is 1. The molecule has 1 fully saturated rings. The van der Waals surface area contributed by atoms with Gasteiger partial charge in [0.25, 0.3) is 11.8 Å². The number of nitrogens with zero attached hydrogens (tertiary/aromatic N) is 1. The first-order chi connectivity index (χ1) is 14.7. The van der Waals surface area contributed by atoms with E-state index in [1.807, 2.05) is 13.8 Å². The summed E-state index contributed by atoms with van der Waals surface area (Å²) in [4.78, 5) is 77.0. The molecule has 0 radical (unpaired) electrons. The third-order valence-electron chi connectivity index (χ3n) is 4.07. The van der Waals surface area contributed by atoms with Crippen molar-refractivity contribution < 1.29 is 47.8 Å². The van der Waals surface area contributed by atoms with Crippen molar-refractivity contribution in [2.75, 3.05) is 6.61 Å². The number of hydrogen-bond acceptors (Lipinski definition) is 10. The van der Waals surface area contributed by atoms with E-state index in [2.05, 4.69) is 0 Å². The molecule has 2 atom stereocenters. The molecule has 1 aliphatic heterocycles. The van der Waals surface area contributed by atoms with E-state index in [0.717, 1.165) is 0 Å². The highest BCUT2D eigenvalue weighted by atomic mass is 16.7. The molecular weight excluding hydrogens is 426 g/mol. The average molecular weight is 457 g/mol. The number of carbonyl (C=O) groups excluding carboxylic acids is 6. The van der Waals surface area contributed by atoms with E-state index in [4.69, 9.17) is 19.0 Å². The maximum absolute atomic E-state index is 12.5. The summed E-state index contributed by atoms with van der Waals surface area (Å²) in [5.74, 6) is -5.11. The minimum absolute atomic E-state index is 0.0107. The van der Waals surface area contributed by atoms with Crippen LogP contribution in [-0.4, -0.2) is 59.1 Å². The Bertz CT molecular complexity index is 736. The lowest BCUT2D eigenvalue weighted by molar-refractivity contribution is -0.198. The van der Waals surface area contributed by atoms with Crippen molar-refractivity contribution in [2.24, 2.45) is 11.8 Å². The summed E-state index contributed by atoms with van der Waals surface area (Å²) in [6.45, 7) is 9.87. The van der Waals surface area contributed by atoms with Crippen LogP contribution in [0.15, 0.2) is 0 Å². The Kier molecular flexibility index (Phi) is 9.80. The topological polar surface area (TPSA) is 143 Å². The Hall–Kier alpha value is -2.98. The number of imide groups is 1. The van der Waals surface area contributed by atoms with E-state index < -0.39 is 66.2 Å². The van der Waals surface area contributed by atoms with Gasteiger partial charge in [0.2, 0.25) is 0 Å². The molecule has 0 saturated carbocycles. The van der Waals surface area contributed by atoms with Gasteiger partial charge in [-0.05, 0) is 33.6 Å². The van der Waals surface area contributed by atoms with Crippen molar-refractivity contribution in [3.05, 3.63) is 0 Å². The number of ether oxygens (including phenoxy) is 3. The van der Waals surface area contributed by atoms with Crippen LogP contribution in [0.5, 0.6) is 0 Å². The Balaban J connectivity index is 2.79. The van der Waals surface area contributed by atoms with E-state index in [9.17, 15) is 28.8 Å². The lowest BCUT2D eigenvalue weighted by Crippen LogP contribution is -2.35. The van der Waals surface area contributed by atoms with Crippen LogP contribution < -0.4 is 0 Å². The average Bonchev–Trinajstić information content (AvgIpc) is 2.95. The molecule has 0 N–H and O–H groups in total. The van der Waals surface area contributed by atoms with Crippen LogP contribution >= 0.6 is 0 Å². The van der Waals surface area contributed by atoms with Gasteiger partial charge in [0.05, 0.1) is 18.9 Å². The number of esters is 1. The molecule has 11 heteroatoms. The van der Waals surface area contributed by atoms with Crippen LogP contribution in [0.25, 0.3) is 0 Å². The first kappa shape index (κ1) is 27.1. The van der Waals surface area contributed by atoms with Crippen molar-refractivity contribution in [1.29, 1.82) is 0 Å². The van der Waals surface area contributed by atoms with Gasteiger partial charge in [-0.3, -0.25) is 19.2 Å². The number of hydroxylamine groups is 2. The highest BCUT2D eigenvalue weighted by Crippen LogP contribution is 2.19. The Labute approximate surface area is 186 Å². The van der Waals surface area contributed by atoms with Crippen LogP contribution in [0.2, 0.25) is 0 Å². The monoisotopic (exact) mass is 457 g/mol. The summed E-state index contributed by atoms with van der Waals surface area (Å²) in [5.41, 5.74) is -0.822. The fourth-order valence-electron chi connectivity index (χ4n) is 2.50. The van der Waals surface area contributed by atoms with Crippen LogP contribution in [0.4, 0.5) is 4.79 Å².